The Balaban J connectivity index is 1.98. The summed E-state index contributed by atoms with van der Waals surface area (Å²) in [6.07, 6.45) is 3.47. The van der Waals surface area contributed by atoms with E-state index in [1.165, 1.54) is 0 Å². The fourth-order valence-electron chi connectivity index (χ4n) is 3.16. The molecule has 4 nitrogen and oxygen atoms in total. The van der Waals surface area contributed by atoms with Gasteiger partial charge in [0.05, 0.1) is 12.7 Å². The van der Waals surface area contributed by atoms with Crippen molar-refractivity contribution in [1.82, 2.24) is 10.2 Å². The number of carbonyl (C=O) groups is 1. The third-order valence-corrected chi connectivity index (χ3v) is 4.83. The molecule has 0 aliphatic carbocycles. The summed E-state index contributed by atoms with van der Waals surface area (Å²) in [6, 6.07) is -0.150. The van der Waals surface area contributed by atoms with Crippen molar-refractivity contribution in [2.24, 2.45) is 5.41 Å². The van der Waals surface area contributed by atoms with Gasteiger partial charge in [-0.1, -0.05) is 13.8 Å². The van der Waals surface area contributed by atoms with Gasteiger partial charge in [-0.15, -0.1) is 0 Å². The first kappa shape index (κ1) is 13.8. The molecule has 2 atom stereocenters. The quantitative estimate of drug-likeness (QED) is 0.828. The van der Waals surface area contributed by atoms with Gasteiger partial charge in [-0.2, -0.15) is 0 Å². The van der Waals surface area contributed by atoms with Crippen LogP contribution in [-0.4, -0.2) is 49.2 Å². The third kappa shape index (κ3) is 2.54. The molecule has 0 aromatic rings. The lowest BCUT2D eigenvalue weighted by molar-refractivity contribution is -0.138. The van der Waals surface area contributed by atoms with E-state index in [1.54, 1.807) is 0 Å². The van der Waals surface area contributed by atoms with E-state index in [0.717, 1.165) is 38.9 Å². The summed E-state index contributed by atoms with van der Waals surface area (Å²) in [4.78, 5) is 14.6. The highest BCUT2D eigenvalue weighted by molar-refractivity contribution is 5.83. The molecule has 1 amide bonds. The number of rotatable bonds is 3. The minimum Gasteiger partial charge on any atom is -0.375 e. The van der Waals surface area contributed by atoms with E-state index in [2.05, 4.69) is 19.2 Å². The maximum Gasteiger partial charge on any atom is 0.242 e. The van der Waals surface area contributed by atoms with Crippen LogP contribution in [0.25, 0.3) is 0 Å². The molecule has 1 N–H and O–H groups in total. The number of ether oxygens (including phenoxy) is 1. The number of nitrogens with zero attached hydrogens (tertiary/aromatic N) is 1. The predicted octanol–water partition coefficient (Wildman–Crippen LogP) is 1.40. The largest absolute Gasteiger partial charge is 0.375 e. The number of nitrogens with one attached hydrogen (secondary N) is 1. The Labute approximate surface area is 110 Å². The Morgan fingerprint density at radius 3 is 2.72 bits per heavy atom. The zero-order valence-electron chi connectivity index (χ0n) is 11.9. The van der Waals surface area contributed by atoms with E-state index < -0.39 is 0 Å². The van der Waals surface area contributed by atoms with Crippen molar-refractivity contribution in [2.75, 3.05) is 26.2 Å². The van der Waals surface area contributed by atoms with Gasteiger partial charge in [0.15, 0.2) is 0 Å². The molecule has 0 bridgehead atoms. The fourth-order valence-corrected chi connectivity index (χ4v) is 3.16. The maximum atomic E-state index is 12.5. The zero-order chi connectivity index (χ0) is 13.2. The van der Waals surface area contributed by atoms with E-state index in [4.69, 9.17) is 4.74 Å². The monoisotopic (exact) mass is 254 g/mol. The second-order valence-electron chi connectivity index (χ2n) is 5.72. The Hall–Kier alpha value is -0.610. The van der Waals surface area contributed by atoms with Crippen molar-refractivity contribution in [1.29, 1.82) is 0 Å². The summed E-state index contributed by atoms with van der Waals surface area (Å²) in [7, 11) is 0. The summed E-state index contributed by atoms with van der Waals surface area (Å²) in [6.45, 7) is 9.77. The highest BCUT2D eigenvalue weighted by Gasteiger charge is 2.40. The van der Waals surface area contributed by atoms with Gasteiger partial charge in [0.1, 0.15) is 6.04 Å². The highest BCUT2D eigenvalue weighted by atomic mass is 16.5. The number of amides is 1. The summed E-state index contributed by atoms with van der Waals surface area (Å²) in [5.74, 6) is 0.228. The summed E-state index contributed by atoms with van der Waals surface area (Å²) in [5.41, 5.74) is 0.356. The molecule has 4 heteroatoms. The van der Waals surface area contributed by atoms with Crippen molar-refractivity contribution >= 4 is 5.91 Å². The molecule has 0 radical (unpaired) electrons. The minimum absolute atomic E-state index is 0.00972. The van der Waals surface area contributed by atoms with Gasteiger partial charge < -0.3 is 15.0 Å². The molecular formula is C14H26N2O2. The van der Waals surface area contributed by atoms with Gasteiger partial charge in [-0.05, 0) is 31.6 Å². The molecule has 0 spiro atoms. The molecule has 0 aromatic heterocycles. The van der Waals surface area contributed by atoms with Crippen LogP contribution in [0.1, 0.15) is 40.0 Å². The van der Waals surface area contributed by atoms with Crippen molar-refractivity contribution in [2.45, 2.75) is 52.2 Å². The summed E-state index contributed by atoms with van der Waals surface area (Å²) < 4.78 is 5.57. The van der Waals surface area contributed by atoms with Crippen molar-refractivity contribution in [3.8, 4) is 0 Å². The average Bonchev–Trinajstić information content (AvgIpc) is 2.84. The Morgan fingerprint density at radius 2 is 2.17 bits per heavy atom. The van der Waals surface area contributed by atoms with Crippen LogP contribution in [0, 0.1) is 5.41 Å². The summed E-state index contributed by atoms with van der Waals surface area (Å²) in [5, 5.41) is 3.29. The lowest BCUT2D eigenvalue weighted by atomic mass is 9.82. The summed E-state index contributed by atoms with van der Waals surface area (Å²) >= 11 is 0. The Bertz CT molecular complexity index is 302. The second-order valence-corrected chi connectivity index (χ2v) is 5.72. The molecule has 18 heavy (non-hydrogen) atoms. The number of likely N-dealkylation sites (tertiary alicyclic amines) is 1. The third-order valence-electron chi connectivity index (χ3n) is 4.83. The number of hydrogen-bond acceptors (Lipinski definition) is 3. The molecule has 2 heterocycles. The van der Waals surface area contributed by atoms with Crippen LogP contribution >= 0.6 is 0 Å². The first-order valence-electron chi connectivity index (χ1n) is 7.25. The van der Waals surface area contributed by atoms with E-state index in [9.17, 15) is 4.79 Å². The van der Waals surface area contributed by atoms with Crippen LogP contribution in [-0.2, 0) is 9.53 Å². The Morgan fingerprint density at radius 1 is 1.44 bits per heavy atom. The SMILES string of the molecule is CCC1(CC)CCN(C(=O)[C@H]2NCCO[C@@H]2C)C1. The molecule has 2 aliphatic rings. The standard InChI is InChI=1S/C14H26N2O2/c1-4-14(5-2)6-8-16(10-14)13(17)12-11(3)18-9-7-15-12/h11-12,15H,4-10H2,1-3H3/t11-,12+/m1/s1. The van der Waals surface area contributed by atoms with Gasteiger partial charge >= 0.3 is 0 Å². The molecule has 2 rings (SSSR count). The van der Waals surface area contributed by atoms with E-state index in [0.29, 0.717) is 12.0 Å². The normalized spacial score (nSPS) is 31.6. The van der Waals surface area contributed by atoms with Crippen LogP contribution in [0.2, 0.25) is 0 Å². The topological polar surface area (TPSA) is 41.6 Å². The number of carbonyl (C=O) groups excluding carboxylic acids is 1. The van der Waals surface area contributed by atoms with Crippen LogP contribution in [0.4, 0.5) is 0 Å². The van der Waals surface area contributed by atoms with Crippen molar-refractivity contribution < 1.29 is 9.53 Å². The molecule has 2 fully saturated rings. The Kier molecular flexibility index (Phi) is 4.28. The number of hydrogen-bond donors (Lipinski definition) is 1. The van der Waals surface area contributed by atoms with Gasteiger partial charge in [0.25, 0.3) is 0 Å². The smallest absolute Gasteiger partial charge is 0.242 e. The van der Waals surface area contributed by atoms with E-state index in [-0.39, 0.29) is 18.1 Å². The molecule has 2 aliphatic heterocycles. The van der Waals surface area contributed by atoms with Crippen molar-refractivity contribution in [3.05, 3.63) is 0 Å². The number of morpholine rings is 1. The molecule has 2 saturated heterocycles. The minimum atomic E-state index is -0.150. The first-order valence-corrected chi connectivity index (χ1v) is 7.25. The van der Waals surface area contributed by atoms with Crippen LogP contribution in [0.15, 0.2) is 0 Å². The van der Waals surface area contributed by atoms with Gasteiger partial charge in [0.2, 0.25) is 5.91 Å². The predicted molar refractivity (Wildman–Crippen MR) is 71.4 cm³/mol. The van der Waals surface area contributed by atoms with Crippen LogP contribution in [0.5, 0.6) is 0 Å². The van der Waals surface area contributed by atoms with Gasteiger partial charge in [0, 0.05) is 19.6 Å². The highest BCUT2D eigenvalue weighted by Crippen LogP contribution is 2.37. The van der Waals surface area contributed by atoms with E-state index in [1.807, 2.05) is 11.8 Å². The van der Waals surface area contributed by atoms with E-state index >= 15 is 0 Å². The molecule has 0 unspecified atom stereocenters. The maximum absolute atomic E-state index is 12.5. The van der Waals surface area contributed by atoms with Crippen LogP contribution < -0.4 is 5.32 Å². The lowest BCUT2D eigenvalue weighted by Gasteiger charge is -2.33. The first-order chi connectivity index (χ1) is 8.62. The molecule has 0 saturated carbocycles. The zero-order valence-corrected chi connectivity index (χ0v) is 11.9. The van der Waals surface area contributed by atoms with Gasteiger partial charge in [-0.3, -0.25) is 4.79 Å². The fraction of sp³-hybridized carbons (Fsp3) is 0.929. The second kappa shape index (κ2) is 5.57. The molecular weight excluding hydrogens is 228 g/mol. The van der Waals surface area contributed by atoms with Crippen LogP contribution in [0.3, 0.4) is 0 Å². The molecule has 0 aromatic carbocycles. The average molecular weight is 254 g/mol. The molecule has 104 valence electrons. The van der Waals surface area contributed by atoms with Crippen molar-refractivity contribution in [3.63, 3.8) is 0 Å². The van der Waals surface area contributed by atoms with Gasteiger partial charge in [-0.25, -0.2) is 0 Å². The lowest BCUT2D eigenvalue weighted by Crippen LogP contribution is -2.56.